The number of carbonyl (C=O) groups excluding carboxylic acids is 3. The summed E-state index contributed by atoms with van der Waals surface area (Å²) in [7, 11) is 0. The maximum atomic E-state index is 13.7. The van der Waals surface area contributed by atoms with Crippen molar-refractivity contribution >= 4 is 41.1 Å². The fourth-order valence-electron chi connectivity index (χ4n) is 4.89. The summed E-state index contributed by atoms with van der Waals surface area (Å²) in [6.45, 7) is 1.87. The number of benzene rings is 3. The lowest BCUT2D eigenvalue weighted by Crippen LogP contribution is -2.71. The van der Waals surface area contributed by atoms with E-state index >= 15 is 0 Å². The molecule has 5 rings (SSSR count). The Labute approximate surface area is 225 Å². The quantitative estimate of drug-likeness (QED) is 0.264. The normalized spacial score (nSPS) is 24.4. The van der Waals surface area contributed by atoms with E-state index in [9.17, 15) is 14.4 Å². The van der Waals surface area contributed by atoms with Crippen LogP contribution in [0.5, 0.6) is 0 Å². The molecular weight excluding hydrogens is 508 g/mol. The standard InChI is InChI=1S/C29H27ClN2O4S/c1-29(18-30)25(28(35)36-24(20-13-7-3-8-14-20)21-15-9-4-10-16-21)32-26(34)23(27(32)37-29)31-22(33)17-19-11-5-2-6-12-19/h2-16,23-25,27H,17-18H2,1H3,(H,31,33)/t23-,25+,27-,29+/m1/s1. The fourth-order valence-corrected chi connectivity index (χ4v) is 6.84. The van der Waals surface area contributed by atoms with Gasteiger partial charge in [0.1, 0.15) is 17.5 Å². The number of rotatable bonds is 8. The van der Waals surface area contributed by atoms with Crippen LogP contribution in [-0.2, 0) is 25.5 Å². The highest BCUT2D eigenvalue weighted by molar-refractivity contribution is 8.01. The molecule has 1 N–H and O–H groups in total. The van der Waals surface area contributed by atoms with E-state index in [1.807, 2.05) is 97.9 Å². The van der Waals surface area contributed by atoms with E-state index in [0.717, 1.165) is 16.7 Å². The van der Waals surface area contributed by atoms with Crippen LogP contribution in [0.15, 0.2) is 91.0 Å². The van der Waals surface area contributed by atoms with Gasteiger partial charge in [-0.15, -0.1) is 23.4 Å². The van der Waals surface area contributed by atoms with Crippen molar-refractivity contribution in [2.24, 2.45) is 0 Å². The summed E-state index contributed by atoms with van der Waals surface area (Å²) in [5.41, 5.74) is 2.53. The molecule has 4 atom stereocenters. The summed E-state index contributed by atoms with van der Waals surface area (Å²) in [4.78, 5) is 41.1. The highest BCUT2D eigenvalue weighted by Crippen LogP contribution is 2.52. The molecule has 8 heteroatoms. The number of hydrogen-bond acceptors (Lipinski definition) is 5. The lowest BCUT2D eigenvalue weighted by atomic mass is 9.95. The average molecular weight is 535 g/mol. The van der Waals surface area contributed by atoms with Gasteiger partial charge in [-0.2, -0.15) is 0 Å². The second-order valence-electron chi connectivity index (χ2n) is 9.45. The van der Waals surface area contributed by atoms with Crippen molar-refractivity contribution in [1.82, 2.24) is 10.2 Å². The lowest BCUT2D eigenvalue weighted by Gasteiger charge is -2.44. The molecule has 2 aliphatic rings. The molecule has 0 unspecified atom stereocenters. The third kappa shape index (κ3) is 4.98. The molecule has 0 aliphatic carbocycles. The summed E-state index contributed by atoms with van der Waals surface area (Å²) in [5.74, 6) is -0.912. The second-order valence-corrected chi connectivity index (χ2v) is 11.4. The zero-order chi connectivity index (χ0) is 26.0. The fraction of sp³-hybridized carbons (Fsp3) is 0.276. The monoisotopic (exact) mass is 534 g/mol. The van der Waals surface area contributed by atoms with Gasteiger partial charge in [-0.25, -0.2) is 4.79 Å². The molecular formula is C29H27ClN2O4S. The van der Waals surface area contributed by atoms with Gasteiger partial charge in [-0.05, 0) is 23.6 Å². The first kappa shape index (κ1) is 25.4. The largest absolute Gasteiger partial charge is 0.451 e. The number of fused-ring (bicyclic) bond motifs is 1. The number of thioether (sulfide) groups is 1. The van der Waals surface area contributed by atoms with Crippen LogP contribution in [0.2, 0.25) is 0 Å². The second kappa shape index (κ2) is 10.6. The number of esters is 1. The lowest BCUT2D eigenvalue weighted by molar-refractivity contribution is -0.166. The zero-order valence-electron chi connectivity index (χ0n) is 20.3. The number of carbonyl (C=O) groups is 3. The van der Waals surface area contributed by atoms with E-state index in [4.69, 9.17) is 16.3 Å². The average Bonchev–Trinajstić information content (AvgIpc) is 3.22. The molecule has 2 amide bonds. The molecule has 37 heavy (non-hydrogen) atoms. The van der Waals surface area contributed by atoms with Crippen molar-refractivity contribution < 1.29 is 19.1 Å². The maximum absolute atomic E-state index is 13.7. The number of halogens is 1. The summed E-state index contributed by atoms with van der Waals surface area (Å²) >= 11 is 7.81. The van der Waals surface area contributed by atoms with Crippen molar-refractivity contribution in [3.05, 3.63) is 108 Å². The summed E-state index contributed by atoms with van der Waals surface area (Å²) in [6, 6.07) is 26.8. The molecule has 6 nitrogen and oxygen atoms in total. The van der Waals surface area contributed by atoms with Gasteiger partial charge in [-0.1, -0.05) is 91.0 Å². The van der Waals surface area contributed by atoms with E-state index in [-0.39, 0.29) is 29.5 Å². The maximum Gasteiger partial charge on any atom is 0.331 e. The number of nitrogens with zero attached hydrogens (tertiary/aromatic N) is 1. The Bertz CT molecular complexity index is 1240. The first-order valence-corrected chi connectivity index (χ1v) is 13.5. The number of alkyl halides is 1. The Morgan fingerprint density at radius 1 is 0.973 bits per heavy atom. The SMILES string of the molecule is C[C@@]1(CCl)S[C@@H]2[C@H](NC(=O)Cc3ccccc3)C(=O)N2[C@H]1C(=O)OC(c1ccccc1)c1ccccc1. The third-order valence-corrected chi connectivity index (χ3v) is 9.14. The van der Waals surface area contributed by atoms with Gasteiger partial charge in [0.15, 0.2) is 6.10 Å². The van der Waals surface area contributed by atoms with Gasteiger partial charge in [0.05, 0.1) is 11.2 Å². The minimum Gasteiger partial charge on any atom is -0.451 e. The van der Waals surface area contributed by atoms with Crippen molar-refractivity contribution in [3.63, 3.8) is 0 Å². The van der Waals surface area contributed by atoms with Crippen molar-refractivity contribution in [2.45, 2.75) is 41.7 Å². The highest BCUT2D eigenvalue weighted by Gasteiger charge is 2.66. The van der Waals surface area contributed by atoms with E-state index in [1.165, 1.54) is 16.7 Å². The Kier molecular flexibility index (Phi) is 7.26. The summed E-state index contributed by atoms with van der Waals surface area (Å²) in [6.07, 6.45) is -0.452. The first-order chi connectivity index (χ1) is 17.9. The van der Waals surface area contributed by atoms with Gasteiger partial charge in [-0.3, -0.25) is 9.59 Å². The Morgan fingerprint density at radius 2 is 1.51 bits per heavy atom. The molecule has 2 saturated heterocycles. The number of β-lactam (4-membered cyclic amide) rings is 1. The molecule has 0 radical (unpaired) electrons. The van der Waals surface area contributed by atoms with Gasteiger partial charge in [0, 0.05) is 5.88 Å². The molecule has 190 valence electrons. The minimum atomic E-state index is -0.871. The van der Waals surface area contributed by atoms with Crippen LogP contribution >= 0.6 is 23.4 Å². The molecule has 2 aliphatic heterocycles. The van der Waals surface area contributed by atoms with E-state index in [2.05, 4.69) is 5.32 Å². The Morgan fingerprint density at radius 3 is 2.05 bits per heavy atom. The van der Waals surface area contributed by atoms with Crippen molar-refractivity contribution in [2.75, 3.05) is 5.88 Å². The smallest absolute Gasteiger partial charge is 0.331 e. The van der Waals surface area contributed by atoms with Gasteiger partial charge < -0.3 is 15.0 Å². The van der Waals surface area contributed by atoms with Crippen molar-refractivity contribution in [3.8, 4) is 0 Å². The van der Waals surface area contributed by atoms with E-state index < -0.39 is 28.9 Å². The van der Waals surface area contributed by atoms with Crippen LogP contribution in [0.1, 0.15) is 29.7 Å². The first-order valence-electron chi connectivity index (χ1n) is 12.1. The predicted octanol–water partition coefficient (Wildman–Crippen LogP) is 4.33. The van der Waals surface area contributed by atoms with Crippen molar-refractivity contribution in [1.29, 1.82) is 0 Å². The van der Waals surface area contributed by atoms with Crippen LogP contribution in [0, 0.1) is 0 Å². The predicted molar refractivity (Wildman–Crippen MR) is 144 cm³/mol. The Hall–Kier alpha value is -3.29. The summed E-state index contributed by atoms with van der Waals surface area (Å²) < 4.78 is 5.34. The molecule has 0 saturated carbocycles. The minimum absolute atomic E-state index is 0.143. The molecule has 0 spiro atoms. The summed E-state index contributed by atoms with van der Waals surface area (Å²) in [5, 5.41) is 2.47. The number of ether oxygens (including phenoxy) is 1. The van der Waals surface area contributed by atoms with Crippen LogP contribution in [0.3, 0.4) is 0 Å². The van der Waals surface area contributed by atoms with Crippen LogP contribution < -0.4 is 5.32 Å². The molecule has 2 fully saturated rings. The molecule has 3 aromatic rings. The van der Waals surface area contributed by atoms with E-state index in [1.54, 1.807) is 0 Å². The van der Waals surface area contributed by atoms with Gasteiger partial charge in [0.2, 0.25) is 11.8 Å². The van der Waals surface area contributed by atoms with Crippen LogP contribution in [0.25, 0.3) is 0 Å². The molecule has 0 aromatic heterocycles. The molecule has 3 aromatic carbocycles. The number of nitrogens with one attached hydrogen (secondary N) is 1. The van der Waals surface area contributed by atoms with Crippen LogP contribution in [-0.4, -0.2) is 50.8 Å². The number of hydrogen-bond donors (Lipinski definition) is 1. The Balaban J connectivity index is 1.34. The van der Waals surface area contributed by atoms with Gasteiger partial charge in [0.25, 0.3) is 0 Å². The van der Waals surface area contributed by atoms with Gasteiger partial charge >= 0.3 is 5.97 Å². The van der Waals surface area contributed by atoms with E-state index in [0.29, 0.717) is 0 Å². The molecule has 0 bridgehead atoms. The van der Waals surface area contributed by atoms with Crippen LogP contribution in [0.4, 0.5) is 0 Å². The molecule has 2 heterocycles. The zero-order valence-corrected chi connectivity index (χ0v) is 21.8. The topological polar surface area (TPSA) is 75.7 Å². The number of amides is 2. The third-order valence-electron chi connectivity index (χ3n) is 6.78. The highest BCUT2D eigenvalue weighted by atomic mass is 35.5.